The van der Waals surface area contributed by atoms with E-state index in [9.17, 15) is 26.7 Å². The number of nitrogens with one attached hydrogen (secondary N) is 2. The zero-order valence-corrected chi connectivity index (χ0v) is 18.8. The molecule has 196 valence electrons. The van der Waals surface area contributed by atoms with Gasteiger partial charge >= 0.3 is 12.1 Å². The number of fused-ring (bicyclic) bond motifs is 1. The van der Waals surface area contributed by atoms with Crippen LogP contribution in [0.4, 0.5) is 33.5 Å². The average Bonchev–Trinajstić information content (AvgIpc) is 3.38. The minimum absolute atomic E-state index is 0.0469. The summed E-state index contributed by atoms with van der Waals surface area (Å²) in [6.45, 7) is 0. The number of carbonyl (C=O) groups is 2. The molecule has 36 heavy (non-hydrogen) atoms. The molecule has 0 aliphatic heterocycles. The van der Waals surface area contributed by atoms with Crippen molar-refractivity contribution in [2.24, 2.45) is 12.8 Å². The summed E-state index contributed by atoms with van der Waals surface area (Å²) in [5.41, 5.74) is 6.14. The monoisotopic (exact) mass is 518 g/mol. The second kappa shape index (κ2) is 10.8. The highest BCUT2D eigenvalue weighted by molar-refractivity contribution is 6.08. The smallest absolute Gasteiger partial charge is 0.475 e. The van der Waals surface area contributed by atoms with Crippen molar-refractivity contribution >= 4 is 29.0 Å². The molecule has 0 unspecified atom stereocenters. The van der Waals surface area contributed by atoms with Crippen molar-refractivity contribution < 1.29 is 36.6 Å². The van der Waals surface area contributed by atoms with E-state index in [1.165, 1.54) is 28.6 Å². The van der Waals surface area contributed by atoms with E-state index >= 15 is 0 Å². The molecule has 0 saturated heterocycles. The van der Waals surface area contributed by atoms with Gasteiger partial charge in [0.2, 0.25) is 0 Å². The van der Waals surface area contributed by atoms with E-state index in [1.807, 2.05) is 0 Å². The lowest BCUT2D eigenvalue weighted by Crippen LogP contribution is -2.42. The Morgan fingerprint density at radius 3 is 2.53 bits per heavy atom. The Morgan fingerprint density at radius 2 is 1.92 bits per heavy atom. The summed E-state index contributed by atoms with van der Waals surface area (Å²) in [4.78, 5) is 26.1. The van der Waals surface area contributed by atoms with Crippen LogP contribution in [0.3, 0.4) is 0 Å². The summed E-state index contributed by atoms with van der Waals surface area (Å²) >= 11 is 0. The van der Waals surface area contributed by atoms with Gasteiger partial charge in [0.25, 0.3) is 12.3 Å². The van der Waals surface area contributed by atoms with Gasteiger partial charge in [-0.1, -0.05) is 12.8 Å². The van der Waals surface area contributed by atoms with Gasteiger partial charge in [0.1, 0.15) is 11.4 Å². The van der Waals surface area contributed by atoms with Crippen LogP contribution in [0.5, 0.6) is 0 Å². The maximum absolute atomic E-state index is 13.1. The Morgan fingerprint density at radius 1 is 1.25 bits per heavy atom. The number of carboxylic acids is 1. The highest BCUT2D eigenvalue weighted by Crippen LogP contribution is 2.26. The van der Waals surface area contributed by atoms with Gasteiger partial charge < -0.3 is 21.5 Å². The van der Waals surface area contributed by atoms with Crippen LogP contribution in [0.2, 0.25) is 0 Å². The lowest BCUT2D eigenvalue weighted by atomic mass is 9.91. The number of carbonyl (C=O) groups excluding carboxylic acids is 1. The molecule has 3 aromatic rings. The highest BCUT2D eigenvalue weighted by Gasteiger charge is 2.38. The van der Waals surface area contributed by atoms with Crippen molar-refractivity contribution in [3.05, 3.63) is 35.9 Å². The van der Waals surface area contributed by atoms with Crippen molar-refractivity contribution in [1.82, 2.24) is 24.4 Å². The zero-order valence-electron chi connectivity index (χ0n) is 18.8. The minimum Gasteiger partial charge on any atom is -0.475 e. The molecule has 1 saturated carbocycles. The maximum Gasteiger partial charge on any atom is 0.490 e. The number of aliphatic carboxylic acids is 1. The number of amides is 1. The zero-order chi connectivity index (χ0) is 26.6. The van der Waals surface area contributed by atoms with E-state index in [1.54, 1.807) is 12.3 Å². The first kappa shape index (κ1) is 26.8. The number of carboxylic acid groups (broad SMARTS) is 1. The molecule has 1 fully saturated rings. The number of aromatic nitrogens is 5. The summed E-state index contributed by atoms with van der Waals surface area (Å²) in [5.74, 6) is -2.76. The molecule has 5 N–H and O–H groups in total. The Balaban J connectivity index is 0.000000454. The minimum atomic E-state index is -5.08. The molecule has 1 aliphatic carbocycles. The molecule has 0 radical (unpaired) electrons. The lowest BCUT2D eigenvalue weighted by molar-refractivity contribution is -0.192. The second-order valence-corrected chi connectivity index (χ2v) is 8.00. The van der Waals surface area contributed by atoms with Crippen LogP contribution in [-0.4, -0.2) is 59.6 Å². The van der Waals surface area contributed by atoms with Gasteiger partial charge in [-0.25, -0.2) is 23.1 Å². The number of anilines is 2. The Kier molecular flexibility index (Phi) is 8.07. The first-order valence-electron chi connectivity index (χ1n) is 10.7. The predicted octanol–water partition coefficient (Wildman–Crippen LogP) is 2.97. The fraction of sp³-hybridized carbons (Fsp3) is 0.450. The van der Waals surface area contributed by atoms with Crippen LogP contribution in [0.1, 0.15) is 48.2 Å². The van der Waals surface area contributed by atoms with Crippen molar-refractivity contribution in [2.75, 3.05) is 10.6 Å². The normalized spacial score (nSPS) is 18.0. The molecule has 0 bridgehead atoms. The number of alkyl halides is 5. The fourth-order valence-electron chi connectivity index (χ4n) is 3.59. The third kappa shape index (κ3) is 6.44. The Bertz CT molecular complexity index is 1230. The van der Waals surface area contributed by atoms with Crippen molar-refractivity contribution in [3.8, 4) is 0 Å². The van der Waals surface area contributed by atoms with Crippen LogP contribution >= 0.6 is 0 Å². The number of halogens is 5. The van der Waals surface area contributed by atoms with Crippen LogP contribution < -0.4 is 16.4 Å². The van der Waals surface area contributed by atoms with Gasteiger partial charge in [-0.15, -0.1) is 0 Å². The number of hydrogen-bond acceptors (Lipinski definition) is 7. The topological polar surface area (TPSA) is 152 Å². The summed E-state index contributed by atoms with van der Waals surface area (Å²) in [6.07, 6.45) is 0.617. The first-order chi connectivity index (χ1) is 16.9. The van der Waals surface area contributed by atoms with E-state index in [0.717, 1.165) is 25.7 Å². The quantitative estimate of drug-likeness (QED) is 0.376. The number of rotatable bonds is 5. The number of aryl methyl sites for hydroxylation is 1. The molecule has 16 heteroatoms. The molecule has 0 spiro atoms. The molecular weight excluding hydrogens is 495 g/mol. The van der Waals surface area contributed by atoms with Crippen LogP contribution in [0.15, 0.2) is 24.7 Å². The van der Waals surface area contributed by atoms with Gasteiger partial charge in [0.05, 0.1) is 11.9 Å². The Hall–Kier alpha value is -3.82. The number of nitrogens with two attached hydrogens (primary N) is 1. The van der Waals surface area contributed by atoms with Crippen LogP contribution in [0.25, 0.3) is 5.65 Å². The summed E-state index contributed by atoms with van der Waals surface area (Å²) < 4.78 is 60.7. The van der Waals surface area contributed by atoms with E-state index < -0.39 is 30.2 Å². The van der Waals surface area contributed by atoms with E-state index in [-0.39, 0.29) is 23.3 Å². The van der Waals surface area contributed by atoms with Crippen molar-refractivity contribution in [1.29, 1.82) is 0 Å². The molecule has 3 heterocycles. The molecule has 1 aliphatic rings. The maximum atomic E-state index is 13.1. The van der Waals surface area contributed by atoms with Gasteiger partial charge in [-0.2, -0.15) is 23.4 Å². The predicted molar refractivity (Wildman–Crippen MR) is 117 cm³/mol. The van der Waals surface area contributed by atoms with Crippen molar-refractivity contribution in [3.63, 3.8) is 0 Å². The molecule has 1 amide bonds. The largest absolute Gasteiger partial charge is 0.490 e. The molecule has 3 aromatic heterocycles. The van der Waals surface area contributed by atoms with Gasteiger partial charge in [0, 0.05) is 31.5 Å². The van der Waals surface area contributed by atoms with Crippen molar-refractivity contribution in [2.45, 2.75) is 50.4 Å². The molecule has 0 aromatic carbocycles. The summed E-state index contributed by atoms with van der Waals surface area (Å²) in [6, 6.07) is 1.93. The van der Waals surface area contributed by atoms with E-state index in [2.05, 4.69) is 25.8 Å². The molecule has 2 atom stereocenters. The molecule has 11 nitrogen and oxygen atoms in total. The third-order valence-corrected chi connectivity index (χ3v) is 5.32. The first-order valence-corrected chi connectivity index (χ1v) is 10.7. The van der Waals surface area contributed by atoms with E-state index in [0.29, 0.717) is 11.5 Å². The van der Waals surface area contributed by atoms with Crippen LogP contribution in [0, 0.1) is 0 Å². The van der Waals surface area contributed by atoms with E-state index in [4.69, 9.17) is 15.6 Å². The molecular formula is C20H23F5N8O3. The lowest BCUT2D eigenvalue weighted by Gasteiger charge is -2.29. The average molecular weight is 518 g/mol. The second-order valence-electron chi connectivity index (χ2n) is 8.00. The third-order valence-electron chi connectivity index (χ3n) is 5.32. The number of hydrogen-bond donors (Lipinski definition) is 4. The standard InChI is InChI=1S/C18H22F2N8O.C2HF3O2/c1-27-9-13(15(26-27)16(19)20)24-18(29)10-8-22-28-7-6-14(25-17(10)28)23-12-5-3-2-4-11(12)21;3-2(4,5)1(6)7/h6-9,11-12,16H,2-5,21H2,1H3,(H,23,25)(H,24,29);(H,6,7)/t11-,12+;/m0./s1. The van der Waals surface area contributed by atoms with Gasteiger partial charge in [-0.05, 0) is 18.9 Å². The molecule has 4 rings (SSSR count). The number of nitrogens with zero attached hydrogens (tertiary/aromatic N) is 5. The summed E-state index contributed by atoms with van der Waals surface area (Å²) in [7, 11) is 1.51. The van der Waals surface area contributed by atoms with Gasteiger partial charge in [0.15, 0.2) is 11.3 Å². The highest BCUT2D eigenvalue weighted by atomic mass is 19.4. The SMILES string of the molecule is Cn1cc(NC(=O)c2cnn3ccc(N[C@@H]4CCCC[C@@H]4N)nc23)c(C(F)F)n1.O=C(O)C(F)(F)F. The van der Waals surface area contributed by atoms with Gasteiger partial charge in [-0.3, -0.25) is 9.48 Å². The Labute approximate surface area is 200 Å². The fourth-order valence-corrected chi connectivity index (χ4v) is 3.59. The van der Waals surface area contributed by atoms with Crippen LogP contribution in [-0.2, 0) is 11.8 Å². The summed E-state index contributed by atoms with van der Waals surface area (Å²) in [5, 5.41) is 20.7.